The quantitative estimate of drug-likeness (QED) is 0.788. The second-order valence-corrected chi connectivity index (χ2v) is 5.41. The number of halogens is 1. The van der Waals surface area contributed by atoms with Crippen molar-refractivity contribution in [1.29, 1.82) is 0 Å². The summed E-state index contributed by atoms with van der Waals surface area (Å²) < 4.78 is 6.93. The summed E-state index contributed by atoms with van der Waals surface area (Å²) in [7, 11) is 3.96. The van der Waals surface area contributed by atoms with Crippen LogP contribution in [0.1, 0.15) is 5.56 Å². The number of nitrogens with zero attached hydrogens (tertiary/aromatic N) is 2. The van der Waals surface area contributed by atoms with E-state index in [1.807, 2.05) is 61.6 Å². The standard InChI is InChI=1S/C14H15IN2O/c1-17(2)14-8-11(6-7-16-14)10-18-13-5-3-4-12(15)9-13/h3-9H,10H2,1-2H3. The summed E-state index contributed by atoms with van der Waals surface area (Å²) >= 11 is 2.28. The van der Waals surface area contributed by atoms with Crippen LogP contribution in [0, 0.1) is 3.57 Å². The van der Waals surface area contributed by atoms with E-state index >= 15 is 0 Å². The number of hydrogen-bond acceptors (Lipinski definition) is 3. The molecule has 0 N–H and O–H groups in total. The molecule has 0 aliphatic rings. The number of rotatable bonds is 4. The van der Waals surface area contributed by atoms with Crippen LogP contribution in [0.4, 0.5) is 5.82 Å². The lowest BCUT2D eigenvalue weighted by molar-refractivity contribution is 0.306. The third-order valence-corrected chi connectivity index (χ3v) is 3.14. The Morgan fingerprint density at radius 2 is 2.06 bits per heavy atom. The van der Waals surface area contributed by atoms with Gasteiger partial charge < -0.3 is 9.64 Å². The van der Waals surface area contributed by atoms with Crippen LogP contribution in [0.2, 0.25) is 0 Å². The molecule has 0 amide bonds. The average molecular weight is 354 g/mol. The Bertz CT molecular complexity index is 529. The number of benzene rings is 1. The highest BCUT2D eigenvalue weighted by Crippen LogP contribution is 2.17. The molecule has 2 aromatic rings. The van der Waals surface area contributed by atoms with Gasteiger partial charge in [-0.2, -0.15) is 0 Å². The maximum atomic E-state index is 5.76. The molecule has 0 unspecified atom stereocenters. The van der Waals surface area contributed by atoms with Crippen molar-refractivity contribution in [2.24, 2.45) is 0 Å². The van der Waals surface area contributed by atoms with E-state index in [1.165, 1.54) is 3.57 Å². The Morgan fingerprint density at radius 1 is 1.22 bits per heavy atom. The predicted molar refractivity (Wildman–Crippen MR) is 82.1 cm³/mol. The second-order valence-electron chi connectivity index (χ2n) is 4.16. The molecule has 3 nitrogen and oxygen atoms in total. The molecule has 94 valence electrons. The first-order valence-electron chi connectivity index (χ1n) is 5.66. The topological polar surface area (TPSA) is 25.4 Å². The van der Waals surface area contributed by atoms with E-state index in [0.717, 1.165) is 17.1 Å². The molecule has 0 aliphatic heterocycles. The smallest absolute Gasteiger partial charge is 0.128 e. The summed E-state index contributed by atoms with van der Waals surface area (Å²) in [5, 5.41) is 0. The van der Waals surface area contributed by atoms with Gasteiger partial charge in [0.2, 0.25) is 0 Å². The Kier molecular flexibility index (Phi) is 4.41. The first kappa shape index (κ1) is 13.1. The fraction of sp³-hybridized carbons (Fsp3) is 0.214. The first-order chi connectivity index (χ1) is 8.65. The molecule has 1 aromatic carbocycles. The normalized spacial score (nSPS) is 10.2. The van der Waals surface area contributed by atoms with Crippen molar-refractivity contribution >= 4 is 28.4 Å². The van der Waals surface area contributed by atoms with Gasteiger partial charge in [0.25, 0.3) is 0 Å². The fourth-order valence-electron chi connectivity index (χ4n) is 1.52. The number of ether oxygens (including phenoxy) is 1. The Labute approximate surface area is 121 Å². The predicted octanol–water partition coefficient (Wildman–Crippen LogP) is 3.33. The molecule has 2 rings (SSSR count). The number of aromatic nitrogens is 1. The highest BCUT2D eigenvalue weighted by atomic mass is 127. The highest BCUT2D eigenvalue weighted by Gasteiger charge is 2.00. The lowest BCUT2D eigenvalue weighted by atomic mass is 10.2. The number of anilines is 1. The summed E-state index contributed by atoms with van der Waals surface area (Å²) in [6.07, 6.45) is 1.81. The monoisotopic (exact) mass is 354 g/mol. The molecule has 0 bridgehead atoms. The second kappa shape index (κ2) is 6.04. The van der Waals surface area contributed by atoms with Crippen molar-refractivity contribution in [3.8, 4) is 5.75 Å². The van der Waals surface area contributed by atoms with E-state index in [4.69, 9.17) is 4.74 Å². The average Bonchev–Trinajstić information content (AvgIpc) is 2.37. The van der Waals surface area contributed by atoms with Gasteiger partial charge in [0.1, 0.15) is 18.2 Å². The minimum absolute atomic E-state index is 0.559. The molecule has 0 fully saturated rings. The minimum atomic E-state index is 0.559. The third kappa shape index (κ3) is 3.60. The lowest BCUT2D eigenvalue weighted by Gasteiger charge is -2.12. The first-order valence-corrected chi connectivity index (χ1v) is 6.73. The molecular formula is C14H15IN2O. The Hall–Kier alpha value is -1.30. The van der Waals surface area contributed by atoms with Gasteiger partial charge in [-0.25, -0.2) is 4.98 Å². The van der Waals surface area contributed by atoms with Gasteiger partial charge in [0.05, 0.1) is 0 Å². The molecule has 0 aliphatic carbocycles. The van der Waals surface area contributed by atoms with Gasteiger partial charge in [0.15, 0.2) is 0 Å². The van der Waals surface area contributed by atoms with E-state index in [2.05, 4.69) is 27.6 Å². The van der Waals surface area contributed by atoms with Crippen molar-refractivity contribution in [2.45, 2.75) is 6.61 Å². The molecule has 0 saturated heterocycles. The minimum Gasteiger partial charge on any atom is -0.489 e. The SMILES string of the molecule is CN(C)c1cc(COc2cccc(I)c2)ccn1. The molecule has 0 saturated carbocycles. The summed E-state index contributed by atoms with van der Waals surface area (Å²) in [4.78, 5) is 6.26. The van der Waals surface area contributed by atoms with Crippen LogP contribution in [0.25, 0.3) is 0 Å². The zero-order chi connectivity index (χ0) is 13.0. The highest BCUT2D eigenvalue weighted by molar-refractivity contribution is 14.1. The summed E-state index contributed by atoms with van der Waals surface area (Å²) in [5.41, 5.74) is 1.12. The van der Waals surface area contributed by atoms with Crippen molar-refractivity contribution in [3.63, 3.8) is 0 Å². The van der Waals surface area contributed by atoms with Crippen LogP contribution in [-0.4, -0.2) is 19.1 Å². The van der Waals surface area contributed by atoms with Crippen molar-refractivity contribution in [1.82, 2.24) is 4.98 Å². The maximum Gasteiger partial charge on any atom is 0.128 e. The summed E-state index contributed by atoms with van der Waals surface area (Å²) in [5.74, 6) is 1.84. The van der Waals surface area contributed by atoms with Gasteiger partial charge in [0, 0.05) is 23.9 Å². The molecule has 1 aromatic heterocycles. The van der Waals surface area contributed by atoms with Gasteiger partial charge in [-0.05, 0) is 58.5 Å². The summed E-state index contributed by atoms with van der Waals surface area (Å²) in [6.45, 7) is 0.559. The van der Waals surface area contributed by atoms with E-state index in [9.17, 15) is 0 Å². The zero-order valence-electron chi connectivity index (χ0n) is 10.4. The number of pyridine rings is 1. The zero-order valence-corrected chi connectivity index (χ0v) is 12.6. The molecule has 18 heavy (non-hydrogen) atoms. The van der Waals surface area contributed by atoms with Crippen LogP contribution in [0.3, 0.4) is 0 Å². The Morgan fingerprint density at radius 3 is 2.78 bits per heavy atom. The Balaban J connectivity index is 2.04. The van der Waals surface area contributed by atoms with Crippen LogP contribution < -0.4 is 9.64 Å². The van der Waals surface area contributed by atoms with Gasteiger partial charge in [-0.3, -0.25) is 0 Å². The van der Waals surface area contributed by atoms with Crippen molar-refractivity contribution in [3.05, 3.63) is 51.7 Å². The van der Waals surface area contributed by atoms with Crippen LogP contribution in [-0.2, 0) is 6.61 Å². The largest absolute Gasteiger partial charge is 0.489 e. The number of hydrogen-bond donors (Lipinski definition) is 0. The third-order valence-electron chi connectivity index (χ3n) is 2.47. The van der Waals surface area contributed by atoms with E-state index < -0.39 is 0 Å². The molecule has 4 heteroatoms. The molecule has 0 spiro atoms. The molecular weight excluding hydrogens is 339 g/mol. The van der Waals surface area contributed by atoms with Gasteiger partial charge in [-0.15, -0.1) is 0 Å². The van der Waals surface area contributed by atoms with Crippen molar-refractivity contribution < 1.29 is 4.74 Å². The van der Waals surface area contributed by atoms with Crippen molar-refractivity contribution in [2.75, 3.05) is 19.0 Å². The fourth-order valence-corrected chi connectivity index (χ4v) is 2.03. The molecule has 1 heterocycles. The van der Waals surface area contributed by atoms with Gasteiger partial charge in [-0.1, -0.05) is 6.07 Å². The van der Waals surface area contributed by atoms with E-state index in [0.29, 0.717) is 6.61 Å². The van der Waals surface area contributed by atoms with Crippen LogP contribution >= 0.6 is 22.6 Å². The van der Waals surface area contributed by atoms with E-state index in [-0.39, 0.29) is 0 Å². The maximum absolute atomic E-state index is 5.76. The van der Waals surface area contributed by atoms with Crippen LogP contribution in [0.5, 0.6) is 5.75 Å². The van der Waals surface area contributed by atoms with Gasteiger partial charge >= 0.3 is 0 Å². The van der Waals surface area contributed by atoms with Crippen LogP contribution in [0.15, 0.2) is 42.6 Å². The summed E-state index contributed by atoms with van der Waals surface area (Å²) in [6, 6.07) is 12.0. The van der Waals surface area contributed by atoms with E-state index in [1.54, 1.807) is 0 Å². The lowest BCUT2D eigenvalue weighted by Crippen LogP contribution is -2.11. The molecule has 0 radical (unpaired) electrons. The molecule has 0 atom stereocenters.